The maximum atomic E-state index is 12.7. The van der Waals surface area contributed by atoms with Crippen LogP contribution in [0.5, 0.6) is 5.75 Å². The normalized spacial score (nSPS) is 18.0. The Kier molecular flexibility index (Phi) is 5.29. The number of piperidine rings is 1. The van der Waals surface area contributed by atoms with E-state index in [0.29, 0.717) is 6.61 Å². The zero-order valence-electron chi connectivity index (χ0n) is 14.8. The quantitative estimate of drug-likeness (QED) is 0.824. The predicted octanol–water partition coefficient (Wildman–Crippen LogP) is 3.80. The molecule has 140 valence electrons. The van der Waals surface area contributed by atoms with Crippen LogP contribution >= 0.6 is 0 Å². The summed E-state index contributed by atoms with van der Waals surface area (Å²) in [5.74, 6) is 1.34. The number of pyridine rings is 1. The molecule has 0 spiro atoms. The highest BCUT2D eigenvalue weighted by atomic mass is 19.4. The maximum absolute atomic E-state index is 12.7. The molecule has 26 heavy (non-hydrogen) atoms. The molecule has 3 rings (SSSR count). The van der Waals surface area contributed by atoms with Crippen LogP contribution < -0.4 is 9.64 Å². The molecule has 1 aliphatic rings. The average molecular weight is 366 g/mol. The van der Waals surface area contributed by atoms with Gasteiger partial charge in [-0.2, -0.15) is 13.2 Å². The molecule has 0 radical (unpaired) electrons. The lowest BCUT2D eigenvalue weighted by molar-refractivity contribution is -0.141. The van der Waals surface area contributed by atoms with Crippen LogP contribution in [0, 0.1) is 19.8 Å². The molecule has 2 aromatic rings. The van der Waals surface area contributed by atoms with Crippen LogP contribution in [0.4, 0.5) is 19.0 Å². The fraction of sp³-hybridized carbons (Fsp3) is 0.500. The molecular formula is C18H21F3N4O. The molecule has 0 saturated carbocycles. The maximum Gasteiger partial charge on any atom is 0.433 e. The average Bonchev–Trinajstić information content (AvgIpc) is 2.62. The number of nitrogens with zero attached hydrogens (tertiary/aromatic N) is 4. The molecule has 1 aliphatic heterocycles. The molecule has 2 aromatic heterocycles. The number of halogens is 3. The summed E-state index contributed by atoms with van der Waals surface area (Å²) in [5, 5.41) is 0. The molecule has 1 atom stereocenters. The number of hydrogen-bond donors (Lipinski definition) is 0. The van der Waals surface area contributed by atoms with Crippen LogP contribution in [0.2, 0.25) is 0 Å². The van der Waals surface area contributed by atoms with Gasteiger partial charge in [-0.25, -0.2) is 9.97 Å². The molecule has 8 heteroatoms. The van der Waals surface area contributed by atoms with E-state index in [1.807, 2.05) is 13.8 Å². The number of aromatic nitrogens is 3. The Morgan fingerprint density at radius 3 is 2.81 bits per heavy atom. The van der Waals surface area contributed by atoms with Crippen LogP contribution in [-0.4, -0.2) is 34.6 Å². The van der Waals surface area contributed by atoms with E-state index in [4.69, 9.17) is 4.74 Å². The third-order valence-corrected chi connectivity index (χ3v) is 4.64. The highest BCUT2D eigenvalue weighted by Crippen LogP contribution is 2.30. The Morgan fingerprint density at radius 1 is 1.23 bits per heavy atom. The smallest absolute Gasteiger partial charge is 0.433 e. The second kappa shape index (κ2) is 7.47. The van der Waals surface area contributed by atoms with Crippen LogP contribution in [-0.2, 0) is 6.18 Å². The Morgan fingerprint density at radius 2 is 2.04 bits per heavy atom. The number of anilines is 1. The largest absolute Gasteiger partial charge is 0.493 e. The molecule has 0 aliphatic carbocycles. The van der Waals surface area contributed by atoms with Gasteiger partial charge in [-0.3, -0.25) is 4.98 Å². The summed E-state index contributed by atoms with van der Waals surface area (Å²) in [6.45, 7) is 5.98. The second-order valence-electron chi connectivity index (χ2n) is 6.55. The van der Waals surface area contributed by atoms with Gasteiger partial charge in [-0.1, -0.05) is 0 Å². The summed E-state index contributed by atoms with van der Waals surface area (Å²) in [6.07, 6.45) is 0.173. The molecule has 1 unspecified atom stereocenters. The van der Waals surface area contributed by atoms with Crippen molar-refractivity contribution in [2.24, 2.45) is 5.92 Å². The van der Waals surface area contributed by atoms with Crippen molar-refractivity contribution in [1.29, 1.82) is 0 Å². The van der Waals surface area contributed by atoms with Gasteiger partial charge in [0.05, 0.1) is 6.61 Å². The zero-order chi connectivity index (χ0) is 18.7. The number of rotatable bonds is 4. The molecule has 0 aromatic carbocycles. The fourth-order valence-corrected chi connectivity index (χ4v) is 3.11. The van der Waals surface area contributed by atoms with Gasteiger partial charge in [-0.05, 0) is 32.8 Å². The Bertz CT molecular complexity index is 766. The van der Waals surface area contributed by atoms with Crippen molar-refractivity contribution in [2.45, 2.75) is 32.9 Å². The minimum absolute atomic E-state index is 0.193. The van der Waals surface area contributed by atoms with E-state index < -0.39 is 11.9 Å². The van der Waals surface area contributed by atoms with Gasteiger partial charge in [0, 0.05) is 42.5 Å². The number of ether oxygens (including phenoxy) is 1. The van der Waals surface area contributed by atoms with Crippen molar-refractivity contribution < 1.29 is 17.9 Å². The minimum Gasteiger partial charge on any atom is -0.493 e. The first-order chi connectivity index (χ1) is 12.3. The molecule has 0 bridgehead atoms. The predicted molar refractivity (Wildman–Crippen MR) is 91.2 cm³/mol. The molecule has 1 saturated heterocycles. The van der Waals surface area contributed by atoms with Gasteiger partial charge < -0.3 is 9.64 Å². The Labute approximate surface area is 150 Å². The van der Waals surface area contributed by atoms with Crippen molar-refractivity contribution in [3.05, 3.63) is 41.6 Å². The first-order valence-electron chi connectivity index (χ1n) is 8.54. The molecule has 0 amide bonds. The summed E-state index contributed by atoms with van der Waals surface area (Å²) >= 11 is 0. The first kappa shape index (κ1) is 18.4. The lowest BCUT2D eigenvalue weighted by Gasteiger charge is -2.34. The van der Waals surface area contributed by atoms with E-state index in [2.05, 4.69) is 19.9 Å². The lowest BCUT2D eigenvalue weighted by atomic mass is 9.98. The standard InChI is InChI=1S/C18H21F3N4O/c1-12-13(2)23-11-24-17(12)25-7-3-4-14(9-25)10-26-15-5-6-22-16(8-15)18(19,20)21/h5-6,8,11,14H,3-4,7,9-10H2,1-2H3. The third kappa shape index (κ3) is 4.23. The third-order valence-electron chi connectivity index (χ3n) is 4.64. The van der Waals surface area contributed by atoms with Gasteiger partial charge in [0.1, 0.15) is 23.6 Å². The summed E-state index contributed by atoms with van der Waals surface area (Å²) in [6, 6.07) is 2.40. The van der Waals surface area contributed by atoms with Crippen LogP contribution in [0.25, 0.3) is 0 Å². The molecular weight excluding hydrogens is 345 g/mol. The van der Waals surface area contributed by atoms with Gasteiger partial charge in [-0.15, -0.1) is 0 Å². The van der Waals surface area contributed by atoms with Crippen LogP contribution in [0.15, 0.2) is 24.7 Å². The van der Waals surface area contributed by atoms with Crippen molar-refractivity contribution >= 4 is 5.82 Å². The summed E-state index contributed by atoms with van der Waals surface area (Å²) < 4.78 is 43.8. The molecule has 1 fully saturated rings. The van der Waals surface area contributed by atoms with Crippen molar-refractivity contribution in [1.82, 2.24) is 15.0 Å². The minimum atomic E-state index is -4.47. The summed E-state index contributed by atoms with van der Waals surface area (Å²) in [5.41, 5.74) is 1.07. The first-order valence-corrected chi connectivity index (χ1v) is 8.54. The topological polar surface area (TPSA) is 51.1 Å². The summed E-state index contributed by atoms with van der Waals surface area (Å²) in [7, 11) is 0. The van der Waals surface area contributed by atoms with E-state index in [1.54, 1.807) is 6.33 Å². The fourth-order valence-electron chi connectivity index (χ4n) is 3.11. The van der Waals surface area contributed by atoms with E-state index in [1.165, 1.54) is 6.07 Å². The molecule has 5 nitrogen and oxygen atoms in total. The number of alkyl halides is 3. The Hall–Kier alpha value is -2.38. The zero-order valence-corrected chi connectivity index (χ0v) is 14.8. The van der Waals surface area contributed by atoms with Crippen molar-refractivity contribution in [3.63, 3.8) is 0 Å². The highest BCUT2D eigenvalue weighted by molar-refractivity contribution is 5.47. The van der Waals surface area contributed by atoms with E-state index in [0.717, 1.165) is 55.3 Å². The van der Waals surface area contributed by atoms with E-state index in [-0.39, 0.29) is 11.7 Å². The highest BCUT2D eigenvalue weighted by Gasteiger charge is 2.32. The SMILES string of the molecule is Cc1ncnc(N2CCCC(COc3ccnc(C(F)(F)F)c3)C2)c1C. The van der Waals surface area contributed by atoms with Crippen LogP contribution in [0.3, 0.4) is 0 Å². The van der Waals surface area contributed by atoms with Gasteiger partial charge in [0.2, 0.25) is 0 Å². The Balaban J connectivity index is 1.63. The van der Waals surface area contributed by atoms with Crippen molar-refractivity contribution in [2.75, 3.05) is 24.6 Å². The van der Waals surface area contributed by atoms with Gasteiger partial charge in [0.15, 0.2) is 0 Å². The lowest BCUT2D eigenvalue weighted by Crippen LogP contribution is -2.38. The van der Waals surface area contributed by atoms with E-state index >= 15 is 0 Å². The monoisotopic (exact) mass is 366 g/mol. The number of aryl methyl sites for hydroxylation is 1. The second-order valence-corrected chi connectivity index (χ2v) is 6.55. The van der Waals surface area contributed by atoms with E-state index in [9.17, 15) is 13.2 Å². The summed E-state index contributed by atoms with van der Waals surface area (Å²) in [4.78, 5) is 14.1. The van der Waals surface area contributed by atoms with Crippen LogP contribution in [0.1, 0.15) is 29.8 Å². The molecule has 3 heterocycles. The number of hydrogen-bond acceptors (Lipinski definition) is 5. The molecule has 0 N–H and O–H groups in total. The van der Waals surface area contributed by atoms with Gasteiger partial charge >= 0.3 is 6.18 Å². The van der Waals surface area contributed by atoms with Gasteiger partial charge in [0.25, 0.3) is 0 Å². The van der Waals surface area contributed by atoms with Crippen molar-refractivity contribution in [3.8, 4) is 5.75 Å².